The number of carbonyl (C=O) groups excluding carboxylic acids is 1. The maximum atomic E-state index is 13.2. The van der Waals surface area contributed by atoms with Crippen LogP contribution in [0.2, 0.25) is 0 Å². The van der Waals surface area contributed by atoms with E-state index in [1.54, 1.807) is 11.3 Å². The Morgan fingerprint density at radius 3 is 2.75 bits per heavy atom. The van der Waals surface area contributed by atoms with Crippen molar-refractivity contribution in [3.63, 3.8) is 0 Å². The van der Waals surface area contributed by atoms with Gasteiger partial charge in [0.2, 0.25) is 0 Å². The zero-order chi connectivity index (χ0) is 19.5. The molecule has 28 heavy (non-hydrogen) atoms. The van der Waals surface area contributed by atoms with Crippen molar-refractivity contribution in [1.29, 1.82) is 0 Å². The molecule has 3 heterocycles. The first kappa shape index (κ1) is 18.9. The Morgan fingerprint density at radius 2 is 2.07 bits per heavy atom. The van der Waals surface area contributed by atoms with Crippen LogP contribution < -0.4 is 5.32 Å². The molecule has 3 aromatic heterocycles. The number of aryl methyl sites for hydroxylation is 1. The smallest absolute Gasteiger partial charge is 0.253 e. The Hall–Kier alpha value is -2.40. The molecule has 0 aromatic carbocycles. The van der Waals surface area contributed by atoms with E-state index in [0.29, 0.717) is 12.5 Å². The third-order valence-corrected chi connectivity index (χ3v) is 6.83. The lowest BCUT2D eigenvalue weighted by Gasteiger charge is -2.24. The fourth-order valence-electron chi connectivity index (χ4n) is 4.33. The van der Waals surface area contributed by atoms with Gasteiger partial charge in [-0.15, -0.1) is 11.3 Å². The molecule has 0 spiro atoms. The molecule has 1 atom stereocenters. The summed E-state index contributed by atoms with van der Waals surface area (Å²) in [5, 5.41) is 5.46. The zero-order valence-electron chi connectivity index (χ0n) is 16.5. The Kier molecular flexibility index (Phi) is 5.62. The molecule has 0 bridgehead atoms. The number of thiophene rings is 1. The van der Waals surface area contributed by atoms with Gasteiger partial charge in [0.25, 0.3) is 5.91 Å². The second kappa shape index (κ2) is 8.31. The molecule has 0 unspecified atom stereocenters. The van der Waals surface area contributed by atoms with E-state index < -0.39 is 0 Å². The minimum atomic E-state index is 0.0330. The summed E-state index contributed by atoms with van der Waals surface area (Å²) in [5.41, 5.74) is 3.85. The second-order valence-electron chi connectivity index (χ2n) is 7.70. The van der Waals surface area contributed by atoms with Crippen molar-refractivity contribution in [2.75, 3.05) is 0 Å². The van der Waals surface area contributed by atoms with Crippen molar-refractivity contribution in [3.05, 3.63) is 75.5 Å². The van der Waals surface area contributed by atoms with Gasteiger partial charge >= 0.3 is 0 Å². The van der Waals surface area contributed by atoms with Gasteiger partial charge in [-0.05, 0) is 62.3 Å². The predicted octanol–water partition coefficient (Wildman–Crippen LogP) is 5.27. The van der Waals surface area contributed by atoms with Gasteiger partial charge in [0, 0.05) is 22.5 Å². The largest absolute Gasteiger partial charge is 0.344 e. The lowest BCUT2D eigenvalue weighted by atomic mass is 9.96. The van der Waals surface area contributed by atoms with Crippen molar-refractivity contribution in [3.8, 4) is 0 Å². The normalized spacial score (nSPS) is 15.6. The highest BCUT2D eigenvalue weighted by Crippen LogP contribution is 2.37. The van der Waals surface area contributed by atoms with Crippen LogP contribution in [0.5, 0.6) is 0 Å². The molecule has 1 aliphatic rings. The fourth-order valence-corrected chi connectivity index (χ4v) is 5.20. The summed E-state index contributed by atoms with van der Waals surface area (Å²) in [6.45, 7) is 4.77. The van der Waals surface area contributed by atoms with E-state index in [9.17, 15) is 4.79 Å². The molecular weight excluding hydrogens is 366 g/mol. The lowest BCUT2D eigenvalue weighted by molar-refractivity contribution is 0.0922. The van der Waals surface area contributed by atoms with Crippen LogP contribution in [-0.2, 0) is 6.54 Å². The predicted molar refractivity (Wildman–Crippen MR) is 114 cm³/mol. The molecule has 3 aromatic rings. The van der Waals surface area contributed by atoms with Crippen molar-refractivity contribution < 1.29 is 4.79 Å². The Bertz CT molecular complexity index is 924. The summed E-state index contributed by atoms with van der Waals surface area (Å²) in [6.07, 6.45) is 6.73. The third kappa shape index (κ3) is 3.90. The molecular formula is C23H27N3OS. The van der Waals surface area contributed by atoms with Crippen molar-refractivity contribution >= 4 is 17.2 Å². The monoisotopic (exact) mass is 393 g/mol. The number of rotatable bonds is 6. The zero-order valence-corrected chi connectivity index (χ0v) is 17.3. The molecule has 0 aliphatic heterocycles. The van der Waals surface area contributed by atoms with Crippen molar-refractivity contribution in [1.82, 2.24) is 14.9 Å². The molecule has 0 saturated heterocycles. The average Bonchev–Trinajstić information content (AvgIpc) is 3.46. The van der Waals surface area contributed by atoms with Crippen LogP contribution in [0, 0.1) is 19.8 Å². The van der Waals surface area contributed by atoms with E-state index in [2.05, 4.69) is 39.3 Å². The molecule has 146 valence electrons. The van der Waals surface area contributed by atoms with E-state index in [-0.39, 0.29) is 11.9 Å². The highest BCUT2D eigenvalue weighted by molar-refractivity contribution is 7.10. The molecule has 1 saturated carbocycles. The highest BCUT2D eigenvalue weighted by atomic mass is 32.1. The number of carbonyl (C=O) groups is 1. The molecule has 1 aliphatic carbocycles. The first-order valence-corrected chi connectivity index (χ1v) is 10.9. The lowest BCUT2D eigenvalue weighted by Crippen LogP contribution is -2.32. The highest BCUT2D eigenvalue weighted by Gasteiger charge is 2.29. The molecule has 5 heteroatoms. The van der Waals surface area contributed by atoms with Gasteiger partial charge in [0.1, 0.15) is 0 Å². The number of nitrogens with one attached hydrogen (secondary N) is 1. The molecule has 1 fully saturated rings. The van der Waals surface area contributed by atoms with Crippen molar-refractivity contribution in [2.45, 2.75) is 52.1 Å². The summed E-state index contributed by atoms with van der Waals surface area (Å²) >= 11 is 1.74. The standard InChI is InChI=1S/C23H27N3OS/c1-16-14-20(17(2)26(16)15-19-10-5-6-12-24-19)23(27)25-22(18-8-3-4-9-18)21-11-7-13-28-21/h5-7,10-14,18,22H,3-4,8-9,15H2,1-2H3,(H,25,27)/t22-/m1/s1. The summed E-state index contributed by atoms with van der Waals surface area (Å²) < 4.78 is 2.17. The summed E-state index contributed by atoms with van der Waals surface area (Å²) in [7, 11) is 0. The minimum Gasteiger partial charge on any atom is -0.344 e. The first-order chi connectivity index (χ1) is 13.6. The first-order valence-electron chi connectivity index (χ1n) is 10.0. The van der Waals surface area contributed by atoms with E-state index in [4.69, 9.17) is 0 Å². The van der Waals surface area contributed by atoms with Crippen LogP contribution in [-0.4, -0.2) is 15.5 Å². The number of hydrogen-bond donors (Lipinski definition) is 1. The van der Waals surface area contributed by atoms with Gasteiger partial charge < -0.3 is 9.88 Å². The van der Waals surface area contributed by atoms with Gasteiger partial charge in [-0.1, -0.05) is 25.0 Å². The molecule has 4 rings (SSSR count). The Labute approximate surface area is 170 Å². The van der Waals surface area contributed by atoms with Crippen LogP contribution >= 0.6 is 11.3 Å². The van der Waals surface area contributed by atoms with Crippen LogP contribution in [0.1, 0.15) is 64.0 Å². The number of hydrogen-bond acceptors (Lipinski definition) is 3. The van der Waals surface area contributed by atoms with E-state index in [0.717, 1.165) is 22.6 Å². The minimum absolute atomic E-state index is 0.0330. The van der Waals surface area contributed by atoms with Crippen LogP contribution in [0.3, 0.4) is 0 Å². The quantitative estimate of drug-likeness (QED) is 0.620. The van der Waals surface area contributed by atoms with E-state index in [1.165, 1.54) is 30.6 Å². The molecule has 4 nitrogen and oxygen atoms in total. The number of pyridine rings is 1. The summed E-state index contributed by atoms with van der Waals surface area (Å²) in [6, 6.07) is 12.3. The third-order valence-electron chi connectivity index (χ3n) is 5.87. The maximum Gasteiger partial charge on any atom is 0.253 e. The van der Waals surface area contributed by atoms with E-state index >= 15 is 0 Å². The summed E-state index contributed by atoms with van der Waals surface area (Å²) in [5.74, 6) is 0.574. The van der Waals surface area contributed by atoms with Crippen LogP contribution in [0.15, 0.2) is 48.0 Å². The van der Waals surface area contributed by atoms with Gasteiger partial charge in [-0.2, -0.15) is 0 Å². The Balaban J connectivity index is 1.56. The second-order valence-corrected chi connectivity index (χ2v) is 8.68. The SMILES string of the molecule is Cc1cc(C(=O)N[C@@H](c2cccs2)C2CCCC2)c(C)n1Cc1ccccn1. The maximum absolute atomic E-state index is 13.2. The molecule has 0 radical (unpaired) electrons. The molecule has 1 N–H and O–H groups in total. The van der Waals surface area contributed by atoms with Crippen LogP contribution in [0.25, 0.3) is 0 Å². The number of amides is 1. The van der Waals surface area contributed by atoms with Gasteiger partial charge in [-0.25, -0.2) is 0 Å². The fraction of sp³-hybridized carbons (Fsp3) is 0.391. The van der Waals surface area contributed by atoms with E-state index in [1.807, 2.05) is 37.4 Å². The van der Waals surface area contributed by atoms with Gasteiger partial charge in [0.15, 0.2) is 0 Å². The van der Waals surface area contributed by atoms with Gasteiger partial charge in [0.05, 0.1) is 23.8 Å². The average molecular weight is 394 g/mol. The topological polar surface area (TPSA) is 46.9 Å². The van der Waals surface area contributed by atoms with Crippen LogP contribution in [0.4, 0.5) is 0 Å². The van der Waals surface area contributed by atoms with Crippen molar-refractivity contribution in [2.24, 2.45) is 5.92 Å². The number of aromatic nitrogens is 2. The Morgan fingerprint density at radius 1 is 1.25 bits per heavy atom. The van der Waals surface area contributed by atoms with Gasteiger partial charge in [-0.3, -0.25) is 9.78 Å². The number of nitrogens with zero attached hydrogens (tertiary/aromatic N) is 2. The molecule has 1 amide bonds. The summed E-state index contributed by atoms with van der Waals surface area (Å²) in [4.78, 5) is 18.9.